The predicted octanol–water partition coefficient (Wildman–Crippen LogP) is 1.67. The Bertz CT molecular complexity index is 293. The molecule has 1 aliphatic carbocycles. The smallest absolute Gasteiger partial charge is 0.0223 e. The Kier molecular flexibility index (Phi) is 3.65. The molecular formula is C15H29N3. The van der Waals surface area contributed by atoms with Crippen molar-refractivity contribution in [3.05, 3.63) is 0 Å². The Balaban J connectivity index is 1.57. The molecule has 1 saturated carbocycles. The summed E-state index contributed by atoms with van der Waals surface area (Å²) >= 11 is 0. The first kappa shape index (κ1) is 12.9. The van der Waals surface area contributed by atoms with Crippen molar-refractivity contribution in [3.8, 4) is 0 Å². The van der Waals surface area contributed by atoms with Crippen molar-refractivity contribution in [3.63, 3.8) is 0 Å². The molecule has 0 amide bonds. The van der Waals surface area contributed by atoms with Crippen molar-refractivity contribution in [1.29, 1.82) is 0 Å². The first-order chi connectivity index (χ1) is 8.67. The van der Waals surface area contributed by atoms with Gasteiger partial charge in [0.1, 0.15) is 0 Å². The van der Waals surface area contributed by atoms with Crippen LogP contribution in [0.2, 0.25) is 0 Å². The highest BCUT2D eigenvalue weighted by molar-refractivity contribution is 4.95. The molecule has 104 valence electrons. The highest BCUT2D eigenvalue weighted by atomic mass is 15.3. The summed E-state index contributed by atoms with van der Waals surface area (Å²) < 4.78 is 0. The molecule has 3 unspecified atom stereocenters. The molecule has 2 saturated heterocycles. The average molecular weight is 251 g/mol. The second-order valence-corrected chi connectivity index (χ2v) is 7.07. The van der Waals surface area contributed by atoms with Crippen LogP contribution in [0.15, 0.2) is 0 Å². The lowest BCUT2D eigenvalue weighted by molar-refractivity contribution is 0.0270. The van der Waals surface area contributed by atoms with E-state index < -0.39 is 0 Å². The van der Waals surface area contributed by atoms with E-state index in [-0.39, 0.29) is 0 Å². The summed E-state index contributed by atoms with van der Waals surface area (Å²) in [4.78, 5) is 5.43. The number of nitrogens with zero attached hydrogens (tertiary/aromatic N) is 2. The standard InChI is InChI=1S/C15H29N3/c1-15(7-4-6-14(15)16)12-17-9-10-18-8-3-2-5-13(18)11-17/h13-14H,2-12,16H2,1H3. The summed E-state index contributed by atoms with van der Waals surface area (Å²) in [6.45, 7) is 8.84. The molecule has 18 heavy (non-hydrogen) atoms. The zero-order chi connectivity index (χ0) is 12.6. The molecular weight excluding hydrogens is 222 g/mol. The third-order valence-electron chi connectivity index (χ3n) is 5.66. The van der Waals surface area contributed by atoms with Crippen LogP contribution in [0.5, 0.6) is 0 Å². The van der Waals surface area contributed by atoms with Gasteiger partial charge in [0.25, 0.3) is 0 Å². The van der Waals surface area contributed by atoms with Crippen LogP contribution < -0.4 is 5.73 Å². The second kappa shape index (κ2) is 5.10. The van der Waals surface area contributed by atoms with Crippen molar-refractivity contribution in [2.75, 3.05) is 32.7 Å². The van der Waals surface area contributed by atoms with E-state index in [9.17, 15) is 0 Å². The lowest BCUT2D eigenvalue weighted by atomic mass is 9.84. The predicted molar refractivity (Wildman–Crippen MR) is 75.6 cm³/mol. The fraction of sp³-hybridized carbons (Fsp3) is 1.00. The van der Waals surface area contributed by atoms with Gasteiger partial charge in [-0.1, -0.05) is 19.8 Å². The molecule has 3 aliphatic rings. The van der Waals surface area contributed by atoms with Gasteiger partial charge < -0.3 is 5.73 Å². The van der Waals surface area contributed by atoms with Crippen LogP contribution in [0.3, 0.4) is 0 Å². The van der Waals surface area contributed by atoms with E-state index >= 15 is 0 Å². The Morgan fingerprint density at radius 3 is 2.78 bits per heavy atom. The van der Waals surface area contributed by atoms with Crippen LogP contribution in [0.4, 0.5) is 0 Å². The third-order valence-corrected chi connectivity index (χ3v) is 5.66. The van der Waals surface area contributed by atoms with Gasteiger partial charge in [-0.25, -0.2) is 0 Å². The van der Waals surface area contributed by atoms with Crippen LogP contribution in [0.25, 0.3) is 0 Å². The summed E-state index contributed by atoms with van der Waals surface area (Å²) in [5.74, 6) is 0. The normalized spacial score (nSPS) is 43.0. The van der Waals surface area contributed by atoms with Crippen LogP contribution in [-0.2, 0) is 0 Å². The summed E-state index contributed by atoms with van der Waals surface area (Å²) in [6, 6.07) is 1.27. The van der Waals surface area contributed by atoms with Crippen molar-refractivity contribution in [2.45, 2.75) is 57.5 Å². The molecule has 3 nitrogen and oxygen atoms in total. The fourth-order valence-electron chi connectivity index (χ4n) is 4.33. The highest BCUT2D eigenvalue weighted by Gasteiger charge is 2.39. The van der Waals surface area contributed by atoms with E-state index in [4.69, 9.17) is 5.73 Å². The number of piperidine rings is 1. The van der Waals surface area contributed by atoms with Gasteiger partial charge in [-0.3, -0.25) is 9.80 Å². The Hall–Kier alpha value is -0.120. The molecule has 0 spiro atoms. The van der Waals surface area contributed by atoms with Crippen LogP contribution in [0.1, 0.15) is 45.4 Å². The minimum absolute atomic E-state index is 0.386. The Morgan fingerprint density at radius 2 is 2.00 bits per heavy atom. The number of fused-ring (bicyclic) bond motifs is 1. The van der Waals surface area contributed by atoms with Gasteiger partial charge in [0, 0.05) is 38.3 Å². The number of hydrogen-bond donors (Lipinski definition) is 1. The first-order valence-corrected chi connectivity index (χ1v) is 7.89. The van der Waals surface area contributed by atoms with E-state index in [1.165, 1.54) is 71.2 Å². The molecule has 3 fully saturated rings. The monoisotopic (exact) mass is 251 g/mol. The van der Waals surface area contributed by atoms with Gasteiger partial charge in [0.2, 0.25) is 0 Å². The molecule has 0 radical (unpaired) electrons. The van der Waals surface area contributed by atoms with Crippen molar-refractivity contribution >= 4 is 0 Å². The van der Waals surface area contributed by atoms with Crippen LogP contribution in [0, 0.1) is 5.41 Å². The highest BCUT2D eigenvalue weighted by Crippen LogP contribution is 2.38. The SMILES string of the molecule is CC1(CN2CCN3CCCCC3C2)CCCC1N. The van der Waals surface area contributed by atoms with Gasteiger partial charge >= 0.3 is 0 Å². The molecule has 2 aliphatic heterocycles. The molecule has 3 heteroatoms. The fourth-order valence-corrected chi connectivity index (χ4v) is 4.33. The van der Waals surface area contributed by atoms with Gasteiger partial charge in [-0.05, 0) is 37.6 Å². The molecule has 0 bridgehead atoms. The van der Waals surface area contributed by atoms with Crippen molar-refractivity contribution in [1.82, 2.24) is 9.80 Å². The zero-order valence-corrected chi connectivity index (χ0v) is 11.9. The summed E-state index contributed by atoms with van der Waals surface area (Å²) in [6.07, 6.45) is 8.17. The van der Waals surface area contributed by atoms with Crippen LogP contribution in [-0.4, -0.2) is 54.6 Å². The van der Waals surface area contributed by atoms with Crippen molar-refractivity contribution < 1.29 is 0 Å². The molecule has 3 rings (SSSR count). The molecule has 2 heterocycles. The number of nitrogens with two attached hydrogens (primary N) is 1. The molecule has 0 aromatic heterocycles. The van der Waals surface area contributed by atoms with E-state index in [1.807, 2.05) is 0 Å². The van der Waals surface area contributed by atoms with E-state index in [1.54, 1.807) is 0 Å². The zero-order valence-electron chi connectivity index (χ0n) is 11.9. The van der Waals surface area contributed by atoms with Crippen LogP contribution >= 0.6 is 0 Å². The second-order valence-electron chi connectivity index (χ2n) is 7.07. The molecule has 0 aromatic carbocycles. The maximum Gasteiger partial charge on any atom is 0.0223 e. The van der Waals surface area contributed by atoms with Gasteiger partial charge in [-0.2, -0.15) is 0 Å². The van der Waals surface area contributed by atoms with E-state index in [0.29, 0.717) is 11.5 Å². The maximum atomic E-state index is 6.33. The molecule has 3 atom stereocenters. The molecule has 2 N–H and O–H groups in total. The lowest BCUT2D eigenvalue weighted by Gasteiger charge is -2.46. The number of piperazine rings is 1. The topological polar surface area (TPSA) is 32.5 Å². The maximum absolute atomic E-state index is 6.33. The quantitative estimate of drug-likeness (QED) is 0.810. The Labute approximate surface area is 112 Å². The largest absolute Gasteiger partial charge is 0.327 e. The first-order valence-electron chi connectivity index (χ1n) is 7.89. The minimum Gasteiger partial charge on any atom is -0.327 e. The average Bonchev–Trinajstić information content (AvgIpc) is 2.69. The summed E-state index contributed by atoms with van der Waals surface area (Å²) in [5.41, 5.74) is 6.71. The summed E-state index contributed by atoms with van der Waals surface area (Å²) in [5, 5.41) is 0. The minimum atomic E-state index is 0.386. The lowest BCUT2D eigenvalue weighted by Crippen LogP contribution is -2.57. The molecule has 0 aromatic rings. The van der Waals surface area contributed by atoms with E-state index in [0.717, 1.165) is 6.04 Å². The van der Waals surface area contributed by atoms with E-state index in [2.05, 4.69) is 16.7 Å². The van der Waals surface area contributed by atoms with Crippen molar-refractivity contribution in [2.24, 2.45) is 11.1 Å². The van der Waals surface area contributed by atoms with Gasteiger partial charge in [-0.15, -0.1) is 0 Å². The number of rotatable bonds is 2. The third kappa shape index (κ3) is 2.45. The number of hydrogen-bond acceptors (Lipinski definition) is 3. The van der Waals surface area contributed by atoms with Gasteiger partial charge in [0.05, 0.1) is 0 Å². The Morgan fingerprint density at radius 1 is 1.11 bits per heavy atom. The summed E-state index contributed by atoms with van der Waals surface area (Å²) in [7, 11) is 0. The van der Waals surface area contributed by atoms with Gasteiger partial charge in [0.15, 0.2) is 0 Å².